The number of likely N-dealkylation sites (N-methyl/N-ethyl adjacent to an activating group) is 1. The van der Waals surface area contributed by atoms with Gasteiger partial charge in [0.15, 0.2) is 0 Å². The minimum atomic E-state index is -0.0823. The Morgan fingerprint density at radius 2 is 1.83 bits per heavy atom. The lowest BCUT2D eigenvalue weighted by molar-refractivity contribution is 0.0543. The van der Waals surface area contributed by atoms with Crippen LogP contribution in [-0.2, 0) is 5.54 Å². The maximum absolute atomic E-state index is 13.0. The summed E-state index contributed by atoms with van der Waals surface area (Å²) < 4.78 is 2.22. The molecule has 1 amide bonds. The Morgan fingerprint density at radius 3 is 2.54 bits per heavy atom. The molecule has 2 atom stereocenters. The topological polar surface area (TPSA) is 91.2 Å². The van der Waals surface area contributed by atoms with E-state index in [4.69, 9.17) is 4.98 Å². The summed E-state index contributed by atoms with van der Waals surface area (Å²) in [5.74, 6) is 1.26. The van der Waals surface area contributed by atoms with Crippen molar-refractivity contribution in [3.8, 4) is 0 Å². The Labute approximate surface area is 205 Å². The Morgan fingerprint density at radius 1 is 1.06 bits per heavy atom. The highest BCUT2D eigenvalue weighted by atomic mass is 16.2. The number of fused-ring (bicyclic) bond motifs is 4. The summed E-state index contributed by atoms with van der Waals surface area (Å²) >= 11 is 0. The zero-order valence-electron chi connectivity index (χ0n) is 20.8. The number of aromatic nitrogens is 4. The zero-order valence-corrected chi connectivity index (χ0v) is 20.8. The lowest BCUT2D eigenvalue weighted by Gasteiger charge is -2.45. The van der Waals surface area contributed by atoms with Gasteiger partial charge in [0, 0.05) is 50.3 Å². The SMILES string of the molecule is C[C@@H]1CN(c2ccc(Nc3ncc4cc5n(c4n3)C3(CCCCC3)CN(C)C5=O)nc2)C[C@H](C)N1. The van der Waals surface area contributed by atoms with Crippen LogP contribution in [0.1, 0.15) is 56.4 Å². The van der Waals surface area contributed by atoms with Crippen LogP contribution in [0.4, 0.5) is 17.5 Å². The van der Waals surface area contributed by atoms with E-state index in [1.54, 1.807) is 0 Å². The van der Waals surface area contributed by atoms with Gasteiger partial charge in [0.05, 0.1) is 17.4 Å². The molecule has 2 fully saturated rings. The average molecular weight is 475 g/mol. The van der Waals surface area contributed by atoms with Crippen molar-refractivity contribution in [3.05, 3.63) is 36.3 Å². The van der Waals surface area contributed by atoms with Crippen molar-refractivity contribution >= 4 is 34.4 Å². The molecule has 35 heavy (non-hydrogen) atoms. The first-order valence-electron chi connectivity index (χ1n) is 12.8. The van der Waals surface area contributed by atoms with Crippen LogP contribution in [0.15, 0.2) is 30.6 Å². The zero-order chi connectivity index (χ0) is 24.2. The predicted octanol–water partition coefficient (Wildman–Crippen LogP) is 3.50. The summed E-state index contributed by atoms with van der Waals surface area (Å²) in [6.45, 7) is 7.09. The van der Waals surface area contributed by atoms with Gasteiger partial charge >= 0.3 is 0 Å². The number of pyridine rings is 1. The summed E-state index contributed by atoms with van der Waals surface area (Å²) in [7, 11) is 1.91. The highest BCUT2D eigenvalue weighted by Gasteiger charge is 2.43. The second-order valence-corrected chi connectivity index (χ2v) is 10.7. The van der Waals surface area contributed by atoms with Crippen molar-refractivity contribution in [2.24, 2.45) is 0 Å². The van der Waals surface area contributed by atoms with Gasteiger partial charge < -0.3 is 25.0 Å². The molecule has 3 aliphatic rings. The molecule has 1 saturated heterocycles. The van der Waals surface area contributed by atoms with E-state index in [0.29, 0.717) is 23.8 Å². The molecular weight excluding hydrogens is 440 g/mol. The first-order valence-corrected chi connectivity index (χ1v) is 12.8. The number of piperazine rings is 1. The van der Waals surface area contributed by atoms with Crippen LogP contribution in [-0.4, -0.2) is 69.1 Å². The van der Waals surface area contributed by atoms with E-state index in [-0.39, 0.29) is 11.4 Å². The molecule has 0 radical (unpaired) electrons. The highest BCUT2D eigenvalue weighted by Crippen LogP contribution is 2.42. The fraction of sp³-hybridized carbons (Fsp3) is 0.538. The number of nitrogens with one attached hydrogen (secondary N) is 2. The van der Waals surface area contributed by atoms with Gasteiger partial charge in [-0.1, -0.05) is 19.3 Å². The summed E-state index contributed by atoms with van der Waals surface area (Å²) in [6.07, 6.45) is 9.48. The summed E-state index contributed by atoms with van der Waals surface area (Å²) in [5, 5.41) is 7.75. The molecule has 9 nitrogen and oxygen atoms in total. The van der Waals surface area contributed by atoms with Crippen molar-refractivity contribution in [2.45, 2.75) is 63.6 Å². The Bertz CT molecular complexity index is 1240. The lowest BCUT2D eigenvalue weighted by atomic mass is 9.79. The van der Waals surface area contributed by atoms with Gasteiger partial charge in [-0.25, -0.2) is 9.97 Å². The van der Waals surface area contributed by atoms with Gasteiger partial charge in [-0.3, -0.25) is 4.79 Å². The number of hydrogen-bond acceptors (Lipinski definition) is 7. The molecule has 3 aromatic heterocycles. The van der Waals surface area contributed by atoms with E-state index in [1.807, 2.05) is 36.5 Å². The normalized spacial score (nSPS) is 24.1. The molecule has 2 aliphatic heterocycles. The number of amides is 1. The molecule has 0 bridgehead atoms. The Kier molecular flexibility index (Phi) is 5.40. The number of rotatable bonds is 3. The van der Waals surface area contributed by atoms with Gasteiger partial charge in [0.2, 0.25) is 5.95 Å². The molecule has 6 rings (SSSR count). The highest BCUT2D eigenvalue weighted by molar-refractivity contribution is 5.99. The molecule has 184 valence electrons. The van der Waals surface area contributed by atoms with Gasteiger partial charge in [-0.15, -0.1) is 0 Å². The Hall–Kier alpha value is -3.20. The Balaban J connectivity index is 1.30. The molecule has 0 unspecified atom stereocenters. The minimum absolute atomic E-state index is 0.0579. The first kappa shape index (κ1) is 22.3. The monoisotopic (exact) mass is 474 g/mol. The van der Waals surface area contributed by atoms with Crippen LogP contribution < -0.4 is 15.5 Å². The lowest BCUT2D eigenvalue weighted by Crippen LogP contribution is -2.54. The number of carbonyl (C=O) groups is 1. The maximum Gasteiger partial charge on any atom is 0.270 e. The van der Waals surface area contributed by atoms with Gasteiger partial charge in [0.1, 0.15) is 17.2 Å². The number of anilines is 3. The van der Waals surface area contributed by atoms with Crippen molar-refractivity contribution in [2.75, 3.05) is 36.9 Å². The van der Waals surface area contributed by atoms with E-state index in [9.17, 15) is 4.79 Å². The fourth-order valence-electron chi connectivity index (χ4n) is 6.36. The number of carbonyl (C=O) groups excluding carboxylic acids is 1. The third kappa shape index (κ3) is 3.91. The summed E-state index contributed by atoms with van der Waals surface area (Å²) in [5.41, 5.74) is 2.60. The number of nitrogens with zero attached hydrogens (tertiary/aromatic N) is 6. The molecular formula is C26H34N8O. The van der Waals surface area contributed by atoms with Crippen molar-refractivity contribution in [3.63, 3.8) is 0 Å². The third-order valence-corrected chi connectivity index (χ3v) is 7.81. The second kappa shape index (κ2) is 8.48. The fourth-order valence-corrected chi connectivity index (χ4v) is 6.36. The van der Waals surface area contributed by atoms with Gasteiger partial charge in [0.25, 0.3) is 5.91 Å². The van der Waals surface area contributed by atoms with Crippen LogP contribution in [0.5, 0.6) is 0 Å². The van der Waals surface area contributed by atoms with Gasteiger partial charge in [-0.05, 0) is 44.9 Å². The van der Waals surface area contributed by atoms with E-state index in [0.717, 1.165) is 54.9 Å². The average Bonchev–Trinajstić information content (AvgIpc) is 3.23. The van der Waals surface area contributed by atoms with Crippen LogP contribution in [0.3, 0.4) is 0 Å². The van der Waals surface area contributed by atoms with Crippen molar-refractivity contribution in [1.82, 2.24) is 29.7 Å². The first-order chi connectivity index (χ1) is 16.9. The summed E-state index contributed by atoms with van der Waals surface area (Å²) in [4.78, 5) is 31.3. The van der Waals surface area contributed by atoms with Crippen LogP contribution in [0.2, 0.25) is 0 Å². The van der Waals surface area contributed by atoms with Gasteiger partial charge in [-0.2, -0.15) is 4.98 Å². The van der Waals surface area contributed by atoms with Crippen molar-refractivity contribution < 1.29 is 4.79 Å². The second-order valence-electron chi connectivity index (χ2n) is 10.7. The molecule has 2 N–H and O–H groups in total. The molecule has 3 aromatic rings. The summed E-state index contributed by atoms with van der Waals surface area (Å²) in [6, 6.07) is 6.93. The van der Waals surface area contributed by atoms with Crippen LogP contribution in [0, 0.1) is 0 Å². The van der Waals surface area contributed by atoms with E-state index in [2.05, 4.69) is 50.0 Å². The molecule has 1 aliphatic carbocycles. The quantitative estimate of drug-likeness (QED) is 0.600. The van der Waals surface area contributed by atoms with Crippen molar-refractivity contribution in [1.29, 1.82) is 0 Å². The largest absolute Gasteiger partial charge is 0.367 e. The van der Waals surface area contributed by atoms with Crippen LogP contribution >= 0.6 is 0 Å². The van der Waals surface area contributed by atoms with Crippen LogP contribution in [0.25, 0.3) is 11.0 Å². The molecule has 9 heteroatoms. The maximum atomic E-state index is 13.0. The standard InChI is InChI=1S/C26H34N8O/c1-17-14-33(15-18(2)29-17)20-7-8-22(27-13-20)30-25-28-12-19-11-21-24(35)32(3)16-26(9-5-4-6-10-26)34(21)23(19)31-25/h7-8,11-13,17-18,29H,4-6,9-10,14-16H2,1-3H3,(H,27,28,30,31)/t17-,18+. The molecule has 1 saturated carbocycles. The third-order valence-electron chi connectivity index (χ3n) is 7.81. The molecule has 0 aromatic carbocycles. The van der Waals surface area contributed by atoms with E-state index in [1.165, 1.54) is 19.3 Å². The molecule has 1 spiro atoms. The predicted molar refractivity (Wildman–Crippen MR) is 137 cm³/mol. The van der Waals surface area contributed by atoms with E-state index >= 15 is 0 Å². The number of hydrogen-bond donors (Lipinski definition) is 2. The van der Waals surface area contributed by atoms with E-state index < -0.39 is 0 Å². The molecule has 5 heterocycles. The smallest absolute Gasteiger partial charge is 0.270 e. The minimum Gasteiger partial charge on any atom is -0.367 e.